The van der Waals surface area contributed by atoms with E-state index in [1.165, 1.54) is 70.4 Å². The van der Waals surface area contributed by atoms with Gasteiger partial charge in [0.1, 0.15) is 0 Å². The van der Waals surface area contributed by atoms with Gasteiger partial charge < -0.3 is 4.40 Å². The molecule has 230 valence electrons. The number of aromatic nitrogens is 4. The van der Waals surface area contributed by atoms with Crippen LogP contribution < -0.4 is 0 Å². The van der Waals surface area contributed by atoms with Crippen molar-refractivity contribution >= 4 is 92.3 Å². The summed E-state index contributed by atoms with van der Waals surface area (Å²) in [6, 6.07) is 56.8. The van der Waals surface area contributed by atoms with Crippen LogP contribution >= 0.6 is 0 Å². The van der Waals surface area contributed by atoms with Crippen LogP contribution in [-0.2, 0) is 0 Å². The lowest BCUT2D eigenvalue weighted by Gasteiger charge is -2.13. The van der Waals surface area contributed by atoms with Crippen LogP contribution in [0.4, 0.5) is 0 Å². The Morgan fingerprint density at radius 1 is 0.380 bits per heavy atom. The largest absolute Gasteiger partial charge is 0.308 e. The molecule has 12 rings (SSSR count). The summed E-state index contributed by atoms with van der Waals surface area (Å²) >= 11 is 0. The third-order valence-electron chi connectivity index (χ3n) is 10.8. The van der Waals surface area contributed by atoms with Crippen molar-refractivity contribution in [3.05, 3.63) is 158 Å². The molecule has 0 saturated carbocycles. The number of hydrogen-bond donors (Lipinski definition) is 0. The summed E-state index contributed by atoms with van der Waals surface area (Å²) in [6.45, 7) is 0. The van der Waals surface area contributed by atoms with E-state index in [2.05, 4.69) is 167 Å². The summed E-state index contributed by atoms with van der Waals surface area (Å²) in [7, 11) is 0. The Kier molecular flexibility index (Phi) is 4.94. The van der Waals surface area contributed by atoms with Crippen molar-refractivity contribution in [2.24, 2.45) is 0 Å². The van der Waals surface area contributed by atoms with E-state index in [4.69, 9.17) is 9.97 Å². The van der Waals surface area contributed by atoms with E-state index in [9.17, 15) is 0 Å². The number of para-hydroxylation sites is 3. The summed E-state index contributed by atoms with van der Waals surface area (Å²) in [5.74, 6) is 0.672. The minimum absolute atomic E-state index is 0.672. The molecule has 4 heterocycles. The van der Waals surface area contributed by atoms with Crippen molar-refractivity contribution in [3.63, 3.8) is 0 Å². The van der Waals surface area contributed by atoms with Gasteiger partial charge in [-0.05, 0) is 46.5 Å². The average molecular weight is 635 g/mol. The van der Waals surface area contributed by atoms with Gasteiger partial charge in [0.05, 0.1) is 38.8 Å². The molecule has 0 N–H and O–H groups in total. The van der Waals surface area contributed by atoms with Crippen LogP contribution in [0.25, 0.3) is 110 Å². The van der Waals surface area contributed by atoms with Crippen LogP contribution in [-0.4, -0.2) is 18.9 Å². The minimum Gasteiger partial charge on any atom is -0.308 e. The monoisotopic (exact) mass is 634 g/mol. The topological polar surface area (TPSA) is 35.1 Å². The molecule has 0 bridgehead atoms. The molecule has 0 spiro atoms. The summed E-state index contributed by atoms with van der Waals surface area (Å²) in [5, 5.41) is 13.2. The van der Waals surface area contributed by atoms with Crippen molar-refractivity contribution in [1.82, 2.24) is 18.9 Å². The third kappa shape index (κ3) is 3.30. The number of benzene rings is 8. The van der Waals surface area contributed by atoms with E-state index in [0.29, 0.717) is 5.95 Å². The normalized spacial score (nSPS) is 12.4. The molecule has 8 aromatic carbocycles. The van der Waals surface area contributed by atoms with Gasteiger partial charge in [-0.1, -0.05) is 127 Å². The number of nitrogens with zero attached hydrogens (tertiary/aromatic N) is 4. The Hall–Kier alpha value is -6.78. The highest BCUT2D eigenvalue weighted by molar-refractivity contribution is 6.35. The van der Waals surface area contributed by atoms with E-state index in [-0.39, 0.29) is 0 Å². The highest BCUT2D eigenvalue weighted by Gasteiger charge is 2.26. The Labute approximate surface area is 285 Å². The van der Waals surface area contributed by atoms with Crippen LogP contribution in [0.5, 0.6) is 0 Å². The first-order chi connectivity index (χ1) is 24.8. The maximum absolute atomic E-state index is 5.54. The van der Waals surface area contributed by atoms with E-state index in [0.717, 1.165) is 33.2 Å². The first-order valence-electron chi connectivity index (χ1n) is 17.1. The fraction of sp³-hybridized carbons (Fsp3) is 0. The van der Waals surface area contributed by atoms with Gasteiger partial charge in [-0.3, -0.25) is 4.57 Å². The predicted octanol–water partition coefficient (Wildman–Crippen LogP) is 11.9. The molecule has 0 saturated heterocycles. The number of rotatable bonds is 2. The SMILES string of the molecule is c1ccc2cc(-c3nc(-n4c5c6ccccc6ccc5c5cc6c7ccccc7n7c8ccccc8c(c54)c67)nc4ccccc34)ccc2c1. The van der Waals surface area contributed by atoms with Gasteiger partial charge in [-0.15, -0.1) is 0 Å². The third-order valence-corrected chi connectivity index (χ3v) is 10.8. The van der Waals surface area contributed by atoms with Crippen LogP contribution in [0.2, 0.25) is 0 Å². The second kappa shape index (κ2) is 9.43. The molecule has 0 amide bonds. The standard InChI is InChI=1S/C46H26N4/c1-2-13-29-25-30(22-21-27(29)11-1)42-34-16-5-8-18-38(34)47-46(48-42)50-43-31-14-4-3-12-28(31)23-24-33(43)37-26-36-32-15-6-9-19-39(32)49-40-20-10-7-17-35(40)41(44(36)49)45(37)50/h1-26H. The molecular weight excluding hydrogens is 609 g/mol. The summed E-state index contributed by atoms with van der Waals surface area (Å²) in [4.78, 5) is 10.9. The molecule has 4 nitrogen and oxygen atoms in total. The summed E-state index contributed by atoms with van der Waals surface area (Å²) < 4.78 is 4.82. The van der Waals surface area contributed by atoms with Crippen LogP contribution in [0, 0.1) is 0 Å². The van der Waals surface area contributed by atoms with Gasteiger partial charge >= 0.3 is 0 Å². The lowest BCUT2D eigenvalue weighted by molar-refractivity contribution is 1.02. The average Bonchev–Trinajstić information content (AvgIpc) is 3.82. The smallest absolute Gasteiger partial charge is 0.235 e. The summed E-state index contributed by atoms with van der Waals surface area (Å²) in [5.41, 5.74) is 8.86. The molecule has 0 fully saturated rings. The fourth-order valence-electron chi connectivity index (χ4n) is 8.69. The quantitative estimate of drug-likeness (QED) is 0.190. The number of hydrogen-bond acceptors (Lipinski definition) is 2. The Morgan fingerprint density at radius 2 is 1.02 bits per heavy atom. The zero-order valence-corrected chi connectivity index (χ0v) is 26.8. The van der Waals surface area contributed by atoms with Crippen molar-refractivity contribution in [3.8, 4) is 17.2 Å². The molecule has 12 aromatic rings. The molecule has 0 radical (unpaired) electrons. The molecule has 0 atom stereocenters. The minimum atomic E-state index is 0.672. The molecule has 0 aliphatic heterocycles. The zero-order valence-electron chi connectivity index (χ0n) is 26.8. The van der Waals surface area contributed by atoms with Gasteiger partial charge in [0.15, 0.2) is 0 Å². The van der Waals surface area contributed by atoms with Gasteiger partial charge in [-0.25, -0.2) is 9.97 Å². The first kappa shape index (κ1) is 26.2. The zero-order chi connectivity index (χ0) is 32.5. The van der Waals surface area contributed by atoms with Gasteiger partial charge in [0.25, 0.3) is 0 Å². The second-order valence-corrected chi connectivity index (χ2v) is 13.4. The van der Waals surface area contributed by atoms with Gasteiger partial charge in [-0.2, -0.15) is 0 Å². The van der Waals surface area contributed by atoms with Crippen LogP contribution in [0.15, 0.2) is 158 Å². The molecule has 4 aromatic heterocycles. The van der Waals surface area contributed by atoms with Crippen molar-refractivity contribution in [1.29, 1.82) is 0 Å². The van der Waals surface area contributed by atoms with Crippen LogP contribution in [0.3, 0.4) is 0 Å². The van der Waals surface area contributed by atoms with E-state index in [1.807, 2.05) is 0 Å². The second-order valence-electron chi connectivity index (χ2n) is 13.4. The van der Waals surface area contributed by atoms with Crippen molar-refractivity contribution in [2.75, 3.05) is 0 Å². The fourth-order valence-corrected chi connectivity index (χ4v) is 8.69. The molecule has 50 heavy (non-hydrogen) atoms. The highest BCUT2D eigenvalue weighted by atomic mass is 15.2. The molecule has 0 unspecified atom stereocenters. The lowest BCUT2D eigenvalue weighted by Crippen LogP contribution is -2.04. The maximum Gasteiger partial charge on any atom is 0.235 e. The van der Waals surface area contributed by atoms with Crippen molar-refractivity contribution in [2.45, 2.75) is 0 Å². The molecule has 4 heteroatoms. The van der Waals surface area contributed by atoms with E-state index in [1.54, 1.807) is 0 Å². The summed E-state index contributed by atoms with van der Waals surface area (Å²) in [6.07, 6.45) is 0. The van der Waals surface area contributed by atoms with E-state index < -0.39 is 0 Å². The molecule has 0 aliphatic carbocycles. The first-order valence-corrected chi connectivity index (χ1v) is 17.1. The van der Waals surface area contributed by atoms with Gasteiger partial charge in [0, 0.05) is 48.7 Å². The Morgan fingerprint density at radius 3 is 1.88 bits per heavy atom. The van der Waals surface area contributed by atoms with Crippen molar-refractivity contribution < 1.29 is 0 Å². The molecular formula is C46H26N4. The highest BCUT2D eigenvalue weighted by Crippen LogP contribution is 2.47. The Bertz CT molecular complexity index is 3380. The number of fused-ring (bicyclic) bond motifs is 14. The molecule has 0 aliphatic rings. The lowest BCUT2D eigenvalue weighted by atomic mass is 10.0. The Balaban J connectivity index is 1.33. The predicted molar refractivity (Wildman–Crippen MR) is 209 cm³/mol. The van der Waals surface area contributed by atoms with Crippen LogP contribution in [0.1, 0.15) is 0 Å². The van der Waals surface area contributed by atoms with Gasteiger partial charge in [0.2, 0.25) is 5.95 Å². The van der Waals surface area contributed by atoms with E-state index >= 15 is 0 Å². The maximum atomic E-state index is 5.54.